The summed E-state index contributed by atoms with van der Waals surface area (Å²) in [7, 11) is 0. The molecule has 1 aromatic heterocycles. The van der Waals surface area contributed by atoms with Crippen molar-refractivity contribution in [2.75, 3.05) is 10.6 Å². The minimum atomic E-state index is -0.404. The molecule has 1 aliphatic heterocycles. The van der Waals surface area contributed by atoms with E-state index in [1.54, 1.807) is 11.4 Å². The number of amides is 1. The van der Waals surface area contributed by atoms with E-state index in [0.717, 1.165) is 36.3 Å². The third kappa shape index (κ3) is 3.52. The molecule has 7 heteroatoms. The number of ether oxygens (including phenoxy) is 1. The van der Waals surface area contributed by atoms with E-state index in [-0.39, 0.29) is 18.0 Å². The van der Waals surface area contributed by atoms with Gasteiger partial charge in [0.05, 0.1) is 5.56 Å². The van der Waals surface area contributed by atoms with Crippen molar-refractivity contribution in [2.24, 2.45) is 0 Å². The van der Waals surface area contributed by atoms with Crippen LogP contribution < -0.4 is 10.6 Å². The van der Waals surface area contributed by atoms with E-state index in [9.17, 15) is 9.59 Å². The number of anilines is 2. The van der Waals surface area contributed by atoms with E-state index >= 15 is 0 Å². The minimum absolute atomic E-state index is 0.0116. The van der Waals surface area contributed by atoms with Gasteiger partial charge in [0.2, 0.25) is 0 Å². The lowest BCUT2D eigenvalue weighted by Gasteiger charge is -2.13. The van der Waals surface area contributed by atoms with E-state index in [4.69, 9.17) is 4.74 Å². The molecule has 1 fully saturated rings. The van der Waals surface area contributed by atoms with Crippen LogP contribution in [0.4, 0.5) is 10.7 Å². The molecule has 0 spiro atoms. The number of thiophene rings is 1. The van der Waals surface area contributed by atoms with Crippen LogP contribution in [0.1, 0.15) is 36.0 Å². The Hall–Kier alpha value is -1.99. The quantitative estimate of drug-likeness (QED) is 0.780. The summed E-state index contributed by atoms with van der Waals surface area (Å²) in [4.78, 5) is 26.0. The van der Waals surface area contributed by atoms with E-state index in [0.29, 0.717) is 10.6 Å². The van der Waals surface area contributed by atoms with E-state index in [1.165, 1.54) is 23.1 Å². The van der Waals surface area contributed by atoms with Crippen molar-refractivity contribution in [1.82, 2.24) is 0 Å². The van der Waals surface area contributed by atoms with Gasteiger partial charge in [0.15, 0.2) is 5.37 Å². The summed E-state index contributed by atoms with van der Waals surface area (Å²) in [5.41, 5.74) is 1.39. The first-order valence-corrected chi connectivity index (χ1v) is 10.1. The highest BCUT2D eigenvalue weighted by Gasteiger charge is 2.29. The Morgan fingerprint density at radius 1 is 1.16 bits per heavy atom. The van der Waals surface area contributed by atoms with Gasteiger partial charge in [-0.2, -0.15) is 0 Å². The van der Waals surface area contributed by atoms with E-state index < -0.39 is 5.37 Å². The Labute approximate surface area is 154 Å². The molecule has 1 aromatic carbocycles. The second-order valence-corrected chi connectivity index (χ2v) is 8.17. The topological polar surface area (TPSA) is 67.4 Å². The second-order valence-electron chi connectivity index (χ2n) is 6.10. The standard InChI is InChI=1S/C18H18N2O3S2/c21-15(17-19-13-7-3-4-8-14(13)25-17)20-16-12(9-10-24-16)18(22)23-11-5-1-2-6-11/h3-4,7-11,17,19H,1-2,5-6H2,(H,20,21). The van der Waals surface area contributed by atoms with Gasteiger partial charge in [0.1, 0.15) is 11.1 Å². The zero-order valence-corrected chi connectivity index (χ0v) is 15.1. The van der Waals surface area contributed by atoms with Gasteiger partial charge in [-0.25, -0.2) is 4.79 Å². The highest BCUT2D eigenvalue weighted by atomic mass is 32.2. The molecule has 1 saturated carbocycles. The Bertz CT molecular complexity index is 774. The molecule has 2 aromatic rings. The van der Waals surface area contributed by atoms with Gasteiger partial charge in [-0.1, -0.05) is 23.9 Å². The van der Waals surface area contributed by atoms with Crippen LogP contribution in [-0.2, 0) is 9.53 Å². The molecule has 130 valence electrons. The fraction of sp³-hybridized carbons (Fsp3) is 0.333. The lowest BCUT2D eigenvalue weighted by atomic mass is 10.3. The SMILES string of the molecule is O=C(OC1CCCC1)c1ccsc1NC(=O)C1Nc2ccccc2S1. The number of rotatable bonds is 4. The summed E-state index contributed by atoms with van der Waals surface area (Å²) in [6.07, 6.45) is 4.08. The highest BCUT2D eigenvalue weighted by Crippen LogP contribution is 2.38. The molecule has 1 amide bonds. The molecule has 0 bridgehead atoms. The van der Waals surface area contributed by atoms with Gasteiger partial charge >= 0.3 is 5.97 Å². The molecule has 1 unspecified atom stereocenters. The predicted octanol–water partition coefficient (Wildman–Crippen LogP) is 4.33. The smallest absolute Gasteiger partial charge is 0.341 e. The predicted molar refractivity (Wildman–Crippen MR) is 100 cm³/mol. The lowest BCUT2D eigenvalue weighted by molar-refractivity contribution is -0.115. The normalized spacial score (nSPS) is 19.3. The fourth-order valence-corrected chi connectivity index (χ4v) is 4.87. The van der Waals surface area contributed by atoms with Crippen LogP contribution >= 0.6 is 23.1 Å². The number of thioether (sulfide) groups is 1. The van der Waals surface area contributed by atoms with Crippen molar-refractivity contribution in [3.8, 4) is 0 Å². The molecule has 1 atom stereocenters. The van der Waals surface area contributed by atoms with Crippen molar-refractivity contribution >= 4 is 45.7 Å². The van der Waals surface area contributed by atoms with Gasteiger partial charge in [0.25, 0.3) is 5.91 Å². The van der Waals surface area contributed by atoms with Crippen molar-refractivity contribution in [3.05, 3.63) is 41.3 Å². The minimum Gasteiger partial charge on any atom is -0.459 e. The van der Waals surface area contributed by atoms with Crippen LogP contribution in [0.5, 0.6) is 0 Å². The number of carbonyl (C=O) groups is 2. The van der Waals surface area contributed by atoms with Crippen LogP contribution in [0.25, 0.3) is 0 Å². The number of esters is 1. The third-order valence-electron chi connectivity index (χ3n) is 4.35. The Balaban J connectivity index is 1.41. The van der Waals surface area contributed by atoms with Crippen molar-refractivity contribution in [1.29, 1.82) is 0 Å². The fourth-order valence-electron chi connectivity index (χ4n) is 3.07. The lowest BCUT2D eigenvalue weighted by Crippen LogP contribution is -2.29. The third-order valence-corrected chi connectivity index (χ3v) is 6.36. The average Bonchev–Trinajstić information content (AvgIpc) is 3.34. The van der Waals surface area contributed by atoms with Crippen LogP contribution in [0.15, 0.2) is 40.6 Å². The number of benzene rings is 1. The molecule has 5 nitrogen and oxygen atoms in total. The Morgan fingerprint density at radius 2 is 1.96 bits per heavy atom. The summed E-state index contributed by atoms with van der Waals surface area (Å²) in [6, 6.07) is 9.52. The van der Waals surface area contributed by atoms with E-state index in [1.807, 2.05) is 24.3 Å². The molecule has 1 aliphatic carbocycles. The first kappa shape index (κ1) is 16.5. The van der Waals surface area contributed by atoms with Crippen molar-refractivity contribution in [3.63, 3.8) is 0 Å². The largest absolute Gasteiger partial charge is 0.459 e. The number of nitrogens with one attached hydrogen (secondary N) is 2. The summed E-state index contributed by atoms with van der Waals surface area (Å²) in [6.45, 7) is 0. The van der Waals surface area contributed by atoms with Gasteiger partial charge in [-0.15, -0.1) is 11.3 Å². The zero-order chi connectivity index (χ0) is 17.2. The maximum absolute atomic E-state index is 12.6. The molecule has 2 heterocycles. The van der Waals surface area contributed by atoms with Gasteiger partial charge < -0.3 is 15.4 Å². The average molecular weight is 374 g/mol. The van der Waals surface area contributed by atoms with Gasteiger partial charge in [-0.3, -0.25) is 4.79 Å². The molecule has 0 radical (unpaired) electrons. The second kappa shape index (κ2) is 7.09. The Kier molecular flexibility index (Phi) is 4.67. The number of fused-ring (bicyclic) bond motifs is 1. The maximum Gasteiger partial charge on any atom is 0.341 e. The van der Waals surface area contributed by atoms with E-state index in [2.05, 4.69) is 10.6 Å². The van der Waals surface area contributed by atoms with Crippen LogP contribution in [0.2, 0.25) is 0 Å². The summed E-state index contributed by atoms with van der Waals surface area (Å²) in [5, 5.41) is 8.00. The number of para-hydroxylation sites is 1. The summed E-state index contributed by atoms with van der Waals surface area (Å²) >= 11 is 2.81. The van der Waals surface area contributed by atoms with Crippen molar-refractivity contribution < 1.29 is 14.3 Å². The monoisotopic (exact) mass is 374 g/mol. The number of hydrogen-bond acceptors (Lipinski definition) is 6. The maximum atomic E-state index is 12.6. The van der Waals surface area contributed by atoms with Gasteiger partial charge in [-0.05, 0) is 49.3 Å². The number of hydrogen-bond donors (Lipinski definition) is 2. The van der Waals surface area contributed by atoms with Crippen LogP contribution in [0.3, 0.4) is 0 Å². The zero-order valence-electron chi connectivity index (χ0n) is 13.5. The molecule has 2 N–H and O–H groups in total. The molecule has 4 rings (SSSR count). The molecular weight excluding hydrogens is 356 g/mol. The Morgan fingerprint density at radius 3 is 2.76 bits per heavy atom. The highest BCUT2D eigenvalue weighted by molar-refractivity contribution is 8.01. The number of carbonyl (C=O) groups excluding carboxylic acids is 2. The molecule has 0 saturated heterocycles. The first-order chi connectivity index (χ1) is 12.2. The van der Waals surface area contributed by atoms with Crippen LogP contribution in [-0.4, -0.2) is 23.4 Å². The first-order valence-electron chi connectivity index (χ1n) is 8.32. The molecule has 25 heavy (non-hydrogen) atoms. The summed E-state index contributed by atoms with van der Waals surface area (Å²) < 4.78 is 5.55. The van der Waals surface area contributed by atoms with Gasteiger partial charge in [0, 0.05) is 10.6 Å². The van der Waals surface area contributed by atoms with Crippen LogP contribution in [0, 0.1) is 0 Å². The van der Waals surface area contributed by atoms with Crippen molar-refractivity contribution in [2.45, 2.75) is 42.1 Å². The molecule has 2 aliphatic rings. The summed E-state index contributed by atoms with van der Waals surface area (Å²) in [5.74, 6) is -0.516. The molecular formula is C18H18N2O3S2.